The average Bonchev–Trinajstić information content (AvgIpc) is 2.72. The second kappa shape index (κ2) is 10.0. The first-order chi connectivity index (χ1) is 13.3. The molecule has 0 spiro atoms. The van der Waals surface area contributed by atoms with Gasteiger partial charge in [0.25, 0.3) is 0 Å². The van der Waals surface area contributed by atoms with Crippen LogP contribution < -0.4 is 15.4 Å². The topological polar surface area (TPSA) is 50.4 Å². The summed E-state index contributed by atoms with van der Waals surface area (Å²) < 4.78 is 5.78. The van der Waals surface area contributed by atoms with Crippen LogP contribution in [0.2, 0.25) is 0 Å². The Kier molecular flexibility index (Phi) is 6.87. The van der Waals surface area contributed by atoms with Crippen molar-refractivity contribution >= 4 is 17.3 Å². The van der Waals surface area contributed by atoms with Gasteiger partial charge in [0.2, 0.25) is 5.91 Å². The predicted molar refractivity (Wildman–Crippen MR) is 110 cm³/mol. The lowest BCUT2D eigenvalue weighted by atomic mass is 10.1. The molecule has 138 valence electrons. The van der Waals surface area contributed by atoms with Gasteiger partial charge in [-0.2, -0.15) is 0 Å². The number of carbonyl (C=O) groups excluding carboxylic acids is 1. The Balaban J connectivity index is 1.36. The molecule has 3 aromatic rings. The van der Waals surface area contributed by atoms with Crippen molar-refractivity contribution in [2.75, 3.05) is 23.8 Å². The van der Waals surface area contributed by atoms with Gasteiger partial charge >= 0.3 is 0 Å². The number of benzene rings is 3. The fourth-order valence-electron chi connectivity index (χ4n) is 2.69. The van der Waals surface area contributed by atoms with E-state index < -0.39 is 0 Å². The number of hydrogen-bond donors (Lipinski definition) is 2. The maximum absolute atomic E-state index is 11.9. The van der Waals surface area contributed by atoms with Crippen molar-refractivity contribution in [2.45, 2.75) is 12.8 Å². The summed E-state index contributed by atoms with van der Waals surface area (Å²) >= 11 is 0. The van der Waals surface area contributed by atoms with Crippen LogP contribution in [0.3, 0.4) is 0 Å². The number of aryl methyl sites for hydroxylation is 1. The molecule has 0 fully saturated rings. The second-order valence-corrected chi connectivity index (χ2v) is 6.23. The molecule has 0 saturated heterocycles. The zero-order valence-corrected chi connectivity index (χ0v) is 15.2. The SMILES string of the molecule is O=C(CNc1ccc(OCCCc2ccccc2)cc1)Nc1ccccc1. The first kappa shape index (κ1) is 18.5. The minimum atomic E-state index is -0.0811. The monoisotopic (exact) mass is 360 g/mol. The van der Waals surface area contributed by atoms with E-state index in [0.717, 1.165) is 30.0 Å². The van der Waals surface area contributed by atoms with E-state index in [1.54, 1.807) is 0 Å². The van der Waals surface area contributed by atoms with Crippen LogP contribution in [0.5, 0.6) is 5.75 Å². The van der Waals surface area contributed by atoms with Crippen LogP contribution in [0, 0.1) is 0 Å². The first-order valence-corrected chi connectivity index (χ1v) is 9.15. The van der Waals surface area contributed by atoms with Crippen LogP contribution in [0.4, 0.5) is 11.4 Å². The molecule has 4 heteroatoms. The van der Waals surface area contributed by atoms with Gasteiger partial charge in [0.05, 0.1) is 13.2 Å². The van der Waals surface area contributed by atoms with E-state index in [0.29, 0.717) is 6.61 Å². The molecule has 1 amide bonds. The first-order valence-electron chi connectivity index (χ1n) is 9.15. The number of para-hydroxylation sites is 1. The molecule has 0 heterocycles. The smallest absolute Gasteiger partial charge is 0.243 e. The average molecular weight is 360 g/mol. The summed E-state index contributed by atoms with van der Waals surface area (Å²) in [6.45, 7) is 0.896. The molecule has 3 aromatic carbocycles. The van der Waals surface area contributed by atoms with E-state index in [1.165, 1.54) is 5.56 Å². The Labute approximate surface area is 160 Å². The minimum absolute atomic E-state index is 0.0811. The second-order valence-electron chi connectivity index (χ2n) is 6.23. The van der Waals surface area contributed by atoms with Gasteiger partial charge < -0.3 is 15.4 Å². The Morgan fingerprint density at radius 3 is 2.15 bits per heavy atom. The number of rotatable bonds is 9. The maximum atomic E-state index is 11.9. The van der Waals surface area contributed by atoms with E-state index in [1.807, 2.05) is 60.7 Å². The Bertz CT molecular complexity index is 818. The Morgan fingerprint density at radius 1 is 0.778 bits per heavy atom. The van der Waals surface area contributed by atoms with Crippen molar-refractivity contribution in [3.63, 3.8) is 0 Å². The molecule has 0 atom stereocenters. The summed E-state index contributed by atoms with van der Waals surface area (Å²) in [4.78, 5) is 11.9. The third-order valence-corrected chi connectivity index (χ3v) is 4.09. The molecule has 0 saturated carbocycles. The van der Waals surface area contributed by atoms with Gasteiger partial charge in [0.1, 0.15) is 5.75 Å². The number of nitrogens with one attached hydrogen (secondary N) is 2. The number of carbonyl (C=O) groups is 1. The molecule has 0 radical (unpaired) electrons. The van der Waals surface area contributed by atoms with Crippen LogP contribution >= 0.6 is 0 Å². The highest BCUT2D eigenvalue weighted by Crippen LogP contribution is 2.16. The zero-order valence-electron chi connectivity index (χ0n) is 15.2. The number of amides is 1. The van der Waals surface area contributed by atoms with Gasteiger partial charge in [-0.05, 0) is 54.8 Å². The summed E-state index contributed by atoms with van der Waals surface area (Å²) in [5, 5.41) is 5.96. The molecule has 0 aliphatic carbocycles. The summed E-state index contributed by atoms with van der Waals surface area (Å²) in [5.41, 5.74) is 3.01. The lowest BCUT2D eigenvalue weighted by Crippen LogP contribution is -2.21. The van der Waals surface area contributed by atoms with Gasteiger partial charge in [-0.3, -0.25) is 4.79 Å². The van der Waals surface area contributed by atoms with Crippen molar-refractivity contribution in [3.05, 3.63) is 90.5 Å². The molecule has 27 heavy (non-hydrogen) atoms. The van der Waals surface area contributed by atoms with Crippen molar-refractivity contribution in [2.24, 2.45) is 0 Å². The van der Waals surface area contributed by atoms with Crippen molar-refractivity contribution < 1.29 is 9.53 Å². The molecule has 0 bridgehead atoms. The van der Waals surface area contributed by atoms with E-state index in [9.17, 15) is 4.79 Å². The maximum Gasteiger partial charge on any atom is 0.243 e. The summed E-state index contributed by atoms with van der Waals surface area (Å²) in [5.74, 6) is 0.754. The van der Waals surface area contributed by atoms with E-state index >= 15 is 0 Å². The molecule has 0 aliphatic heterocycles. The fraction of sp³-hybridized carbons (Fsp3) is 0.174. The van der Waals surface area contributed by atoms with Crippen LogP contribution in [0.25, 0.3) is 0 Å². The van der Waals surface area contributed by atoms with Gasteiger partial charge in [0.15, 0.2) is 0 Å². The normalized spacial score (nSPS) is 10.2. The van der Waals surface area contributed by atoms with E-state index in [4.69, 9.17) is 4.74 Å². The number of anilines is 2. The summed E-state index contributed by atoms with van der Waals surface area (Å²) in [6, 6.07) is 27.5. The summed E-state index contributed by atoms with van der Waals surface area (Å²) in [6.07, 6.45) is 1.99. The van der Waals surface area contributed by atoms with Gasteiger partial charge in [-0.15, -0.1) is 0 Å². The van der Waals surface area contributed by atoms with Crippen LogP contribution in [0.1, 0.15) is 12.0 Å². The summed E-state index contributed by atoms with van der Waals surface area (Å²) in [7, 11) is 0. The highest BCUT2D eigenvalue weighted by atomic mass is 16.5. The van der Waals surface area contributed by atoms with Gasteiger partial charge in [-0.1, -0.05) is 48.5 Å². The van der Waals surface area contributed by atoms with E-state index in [-0.39, 0.29) is 12.5 Å². The highest BCUT2D eigenvalue weighted by Gasteiger charge is 2.02. The Morgan fingerprint density at radius 2 is 1.44 bits per heavy atom. The zero-order chi connectivity index (χ0) is 18.7. The number of hydrogen-bond acceptors (Lipinski definition) is 3. The lowest BCUT2D eigenvalue weighted by Gasteiger charge is -2.09. The minimum Gasteiger partial charge on any atom is -0.494 e. The largest absolute Gasteiger partial charge is 0.494 e. The predicted octanol–water partition coefficient (Wildman–Crippen LogP) is 4.75. The molecule has 4 nitrogen and oxygen atoms in total. The molecule has 3 rings (SSSR count). The van der Waals surface area contributed by atoms with Crippen LogP contribution in [0.15, 0.2) is 84.9 Å². The Hall–Kier alpha value is -3.27. The van der Waals surface area contributed by atoms with Crippen molar-refractivity contribution in [1.29, 1.82) is 0 Å². The molecule has 0 aromatic heterocycles. The standard InChI is InChI=1S/C23H24N2O2/c26-23(25-21-11-5-2-6-12-21)18-24-20-13-15-22(16-14-20)27-17-7-10-19-8-3-1-4-9-19/h1-6,8-9,11-16,24H,7,10,17-18H2,(H,25,26). The number of ether oxygens (including phenoxy) is 1. The molecule has 2 N–H and O–H groups in total. The quantitative estimate of drug-likeness (QED) is 0.542. The molecular formula is C23H24N2O2. The molecular weight excluding hydrogens is 336 g/mol. The van der Waals surface area contributed by atoms with Crippen LogP contribution in [-0.4, -0.2) is 19.1 Å². The van der Waals surface area contributed by atoms with Crippen molar-refractivity contribution in [3.8, 4) is 5.75 Å². The molecule has 0 unspecified atom stereocenters. The van der Waals surface area contributed by atoms with Crippen molar-refractivity contribution in [1.82, 2.24) is 0 Å². The van der Waals surface area contributed by atoms with Gasteiger partial charge in [0, 0.05) is 11.4 Å². The third-order valence-electron chi connectivity index (χ3n) is 4.09. The van der Waals surface area contributed by atoms with Gasteiger partial charge in [-0.25, -0.2) is 0 Å². The van der Waals surface area contributed by atoms with E-state index in [2.05, 4.69) is 34.9 Å². The highest BCUT2D eigenvalue weighted by molar-refractivity contribution is 5.93. The fourth-order valence-corrected chi connectivity index (χ4v) is 2.69. The molecule has 0 aliphatic rings. The third kappa shape index (κ3) is 6.51. The van der Waals surface area contributed by atoms with Crippen LogP contribution in [-0.2, 0) is 11.2 Å². The lowest BCUT2D eigenvalue weighted by molar-refractivity contribution is -0.114.